The second kappa shape index (κ2) is 7.94. The number of anilines is 1. The molecule has 7 heteroatoms. The molecule has 0 aliphatic carbocycles. The first-order chi connectivity index (χ1) is 13.3. The number of aryl methyl sites for hydroxylation is 2. The molecule has 3 aromatic rings. The zero-order valence-corrected chi connectivity index (χ0v) is 16.8. The summed E-state index contributed by atoms with van der Waals surface area (Å²) in [5.74, 6) is -0.599. The minimum atomic E-state index is -0.999. The first-order valence-corrected chi connectivity index (χ1v) is 9.13. The molecule has 1 atom stereocenters. The number of esters is 1. The van der Waals surface area contributed by atoms with E-state index < -0.39 is 18.0 Å². The quantitative estimate of drug-likeness (QED) is 0.612. The summed E-state index contributed by atoms with van der Waals surface area (Å²) in [6.45, 7) is 5.13. The number of hydrogen-bond acceptors (Lipinski definition) is 4. The topological polar surface area (TPSA) is 80.4 Å². The van der Waals surface area contributed by atoms with Gasteiger partial charge in [0.1, 0.15) is 5.75 Å². The fraction of sp³-hybridized carbons (Fsp3) is 0.238. The number of carbonyl (C=O) groups excluding carboxylic acids is 2. The minimum absolute atomic E-state index is 0.426. The van der Waals surface area contributed by atoms with Gasteiger partial charge in [0.2, 0.25) is 0 Å². The van der Waals surface area contributed by atoms with Gasteiger partial charge >= 0.3 is 5.97 Å². The molecular formula is C21H21ClN2O4. The van der Waals surface area contributed by atoms with Crippen molar-refractivity contribution >= 4 is 40.1 Å². The van der Waals surface area contributed by atoms with Crippen molar-refractivity contribution in [1.82, 2.24) is 4.98 Å². The van der Waals surface area contributed by atoms with E-state index in [2.05, 4.69) is 10.3 Å². The Bertz CT molecular complexity index is 1060. The van der Waals surface area contributed by atoms with Crippen molar-refractivity contribution in [3.63, 3.8) is 0 Å². The van der Waals surface area contributed by atoms with Crippen LogP contribution in [0.4, 0.5) is 5.69 Å². The number of rotatable bonds is 5. The largest absolute Gasteiger partial charge is 0.495 e. The molecule has 3 rings (SSSR count). The van der Waals surface area contributed by atoms with Gasteiger partial charge in [0.25, 0.3) is 5.91 Å². The van der Waals surface area contributed by atoms with E-state index in [1.807, 2.05) is 31.2 Å². The van der Waals surface area contributed by atoms with E-state index in [4.69, 9.17) is 21.1 Å². The molecule has 1 aromatic heterocycles. The normalized spacial score (nSPS) is 11.9. The molecule has 2 aromatic carbocycles. The average molecular weight is 401 g/mol. The number of hydrogen-bond donors (Lipinski definition) is 2. The predicted molar refractivity (Wildman–Crippen MR) is 109 cm³/mol. The van der Waals surface area contributed by atoms with Crippen LogP contribution in [-0.2, 0) is 9.53 Å². The molecule has 28 heavy (non-hydrogen) atoms. The predicted octanol–water partition coefficient (Wildman–Crippen LogP) is 4.63. The Labute approximate surface area is 167 Å². The van der Waals surface area contributed by atoms with Gasteiger partial charge < -0.3 is 19.8 Å². The number of methoxy groups -OCH3 is 1. The number of para-hydroxylation sites is 1. The van der Waals surface area contributed by atoms with Crippen LogP contribution in [0.3, 0.4) is 0 Å². The highest BCUT2D eigenvalue weighted by atomic mass is 35.5. The van der Waals surface area contributed by atoms with Crippen LogP contribution >= 0.6 is 11.6 Å². The number of benzene rings is 2. The van der Waals surface area contributed by atoms with Crippen LogP contribution in [0.5, 0.6) is 5.75 Å². The van der Waals surface area contributed by atoms with E-state index in [-0.39, 0.29) is 0 Å². The second-order valence-electron chi connectivity index (χ2n) is 6.51. The maximum absolute atomic E-state index is 12.7. The molecule has 2 N–H and O–H groups in total. The zero-order chi connectivity index (χ0) is 20.4. The van der Waals surface area contributed by atoms with Gasteiger partial charge in [0.15, 0.2) is 6.10 Å². The maximum Gasteiger partial charge on any atom is 0.341 e. The highest BCUT2D eigenvalue weighted by molar-refractivity contribution is 6.31. The van der Waals surface area contributed by atoms with Crippen molar-refractivity contribution in [3.05, 3.63) is 58.2 Å². The van der Waals surface area contributed by atoms with Crippen molar-refractivity contribution < 1.29 is 19.1 Å². The number of H-pyrrole nitrogens is 1. The number of nitrogens with one attached hydrogen (secondary N) is 2. The molecule has 1 heterocycles. The number of halogens is 1. The molecule has 6 nitrogen and oxygen atoms in total. The standard InChI is InChI=1S/C21H21ClN2O4/c1-11-9-17(18(27-4)10-15(11)22)24-20(25)13(3)28-21(26)19-12(2)23-16-8-6-5-7-14(16)19/h5-10,13,23H,1-4H3,(H,24,25). The summed E-state index contributed by atoms with van der Waals surface area (Å²) in [6, 6.07) is 10.8. The molecule has 0 bridgehead atoms. The van der Waals surface area contributed by atoms with Gasteiger partial charge in [-0.25, -0.2) is 4.79 Å². The average Bonchev–Trinajstić information content (AvgIpc) is 3.00. The molecule has 0 saturated carbocycles. The lowest BCUT2D eigenvalue weighted by Gasteiger charge is -2.16. The van der Waals surface area contributed by atoms with Gasteiger partial charge in [-0.1, -0.05) is 29.8 Å². The molecule has 1 amide bonds. The van der Waals surface area contributed by atoms with E-state index in [9.17, 15) is 9.59 Å². The minimum Gasteiger partial charge on any atom is -0.495 e. The molecule has 146 valence electrons. The Morgan fingerprint density at radius 2 is 1.89 bits per heavy atom. The smallest absolute Gasteiger partial charge is 0.341 e. The van der Waals surface area contributed by atoms with Crippen LogP contribution in [0.15, 0.2) is 36.4 Å². The van der Waals surface area contributed by atoms with Crippen molar-refractivity contribution in [1.29, 1.82) is 0 Å². The van der Waals surface area contributed by atoms with Gasteiger partial charge in [0.05, 0.1) is 18.4 Å². The van der Waals surface area contributed by atoms with Crippen LogP contribution in [0.1, 0.15) is 28.5 Å². The third-order valence-corrected chi connectivity index (χ3v) is 4.90. The Morgan fingerprint density at radius 1 is 1.18 bits per heavy atom. The second-order valence-corrected chi connectivity index (χ2v) is 6.92. The Hall–Kier alpha value is -2.99. The van der Waals surface area contributed by atoms with E-state index >= 15 is 0 Å². The SMILES string of the molecule is COc1cc(Cl)c(C)cc1NC(=O)C(C)OC(=O)c1c(C)[nH]c2ccccc12. The molecule has 1 unspecified atom stereocenters. The first-order valence-electron chi connectivity index (χ1n) is 8.75. The highest BCUT2D eigenvalue weighted by Crippen LogP contribution is 2.31. The summed E-state index contributed by atoms with van der Waals surface area (Å²) in [4.78, 5) is 28.4. The first kappa shape index (κ1) is 19.8. The number of fused-ring (bicyclic) bond motifs is 1. The summed E-state index contributed by atoms with van der Waals surface area (Å²) >= 11 is 6.09. The molecule has 0 aliphatic heterocycles. The van der Waals surface area contributed by atoms with Crippen molar-refractivity contribution in [2.24, 2.45) is 0 Å². The fourth-order valence-corrected chi connectivity index (χ4v) is 3.13. The third-order valence-electron chi connectivity index (χ3n) is 4.49. The monoisotopic (exact) mass is 400 g/mol. The molecule has 0 aliphatic rings. The lowest BCUT2D eigenvalue weighted by atomic mass is 10.1. The highest BCUT2D eigenvalue weighted by Gasteiger charge is 2.24. The number of aromatic amines is 1. The van der Waals surface area contributed by atoms with Gasteiger partial charge in [0, 0.05) is 27.7 Å². The lowest BCUT2D eigenvalue weighted by molar-refractivity contribution is -0.123. The summed E-state index contributed by atoms with van der Waals surface area (Å²) in [5.41, 5.74) is 3.20. The third kappa shape index (κ3) is 3.82. The summed E-state index contributed by atoms with van der Waals surface area (Å²) in [5, 5.41) is 4.01. The van der Waals surface area contributed by atoms with Gasteiger partial charge in [-0.2, -0.15) is 0 Å². The van der Waals surface area contributed by atoms with E-state index in [0.717, 1.165) is 16.5 Å². The zero-order valence-electron chi connectivity index (χ0n) is 16.1. The van der Waals surface area contributed by atoms with E-state index in [1.165, 1.54) is 14.0 Å². The Balaban J connectivity index is 1.76. The van der Waals surface area contributed by atoms with E-state index in [0.29, 0.717) is 27.7 Å². The van der Waals surface area contributed by atoms with Crippen LogP contribution in [0.2, 0.25) is 5.02 Å². The van der Waals surface area contributed by atoms with Gasteiger partial charge in [-0.15, -0.1) is 0 Å². The van der Waals surface area contributed by atoms with Crippen LogP contribution in [0.25, 0.3) is 10.9 Å². The van der Waals surface area contributed by atoms with Crippen molar-refractivity contribution in [2.45, 2.75) is 26.9 Å². The molecular weight excluding hydrogens is 380 g/mol. The molecule has 0 saturated heterocycles. The number of amides is 1. The Morgan fingerprint density at radius 3 is 2.61 bits per heavy atom. The van der Waals surface area contributed by atoms with E-state index in [1.54, 1.807) is 19.1 Å². The van der Waals surface area contributed by atoms with Crippen molar-refractivity contribution in [2.75, 3.05) is 12.4 Å². The molecule has 0 fully saturated rings. The summed E-state index contributed by atoms with van der Waals surface area (Å²) < 4.78 is 10.7. The number of ether oxygens (including phenoxy) is 2. The lowest BCUT2D eigenvalue weighted by Crippen LogP contribution is -2.30. The number of carbonyl (C=O) groups is 2. The number of aromatic nitrogens is 1. The van der Waals surface area contributed by atoms with Crippen LogP contribution in [-0.4, -0.2) is 30.1 Å². The summed E-state index contributed by atoms with van der Waals surface area (Å²) in [7, 11) is 1.49. The van der Waals surface area contributed by atoms with Crippen LogP contribution < -0.4 is 10.1 Å². The fourth-order valence-electron chi connectivity index (χ4n) is 2.98. The molecule has 0 spiro atoms. The summed E-state index contributed by atoms with van der Waals surface area (Å²) in [6.07, 6.45) is -0.999. The maximum atomic E-state index is 12.7. The molecule has 0 radical (unpaired) electrons. The Kier molecular flexibility index (Phi) is 5.61. The van der Waals surface area contributed by atoms with Crippen LogP contribution in [0, 0.1) is 13.8 Å². The van der Waals surface area contributed by atoms with Gasteiger partial charge in [-0.05, 0) is 38.5 Å². The van der Waals surface area contributed by atoms with Gasteiger partial charge in [-0.3, -0.25) is 4.79 Å². The van der Waals surface area contributed by atoms with Crippen molar-refractivity contribution in [3.8, 4) is 5.75 Å².